The fourth-order valence-corrected chi connectivity index (χ4v) is 5.07. The molecular weight excluding hydrogens is 628 g/mol. The van der Waals surface area contributed by atoms with Crippen molar-refractivity contribution < 1.29 is 40.7 Å². The third-order valence-electron chi connectivity index (χ3n) is 7.05. The number of nitrogens with zero attached hydrogens (tertiary/aromatic N) is 3. The molecule has 2 heterocycles. The molecule has 3 atom stereocenters. The maximum Gasteiger partial charge on any atom is 0.389 e. The van der Waals surface area contributed by atoms with Crippen LogP contribution in [0, 0.1) is 11.8 Å². The quantitative estimate of drug-likeness (QED) is 0.257. The van der Waals surface area contributed by atoms with E-state index in [4.69, 9.17) is 17.3 Å². The minimum Gasteiger partial charge on any atom is -0.369 e. The van der Waals surface area contributed by atoms with E-state index in [9.17, 15) is 40.7 Å². The van der Waals surface area contributed by atoms with Crippen molar-refractivity contribution in [3.8, 4) is 0 Å². The first-order chi connectivity index (χ1) is 21.1. The average molecular weight is 654 g/mol. The Morgan fingerprint density at radius 3 is 2.07 bits per heavy atom. The molecule has 0 unspecified atom stereocenters. The maximum absolute atomic E-state index is 14.1. The molecule has 0 bridgehead atoms. The van der Waals surface area contributed by atoms with Crippen molar-refractivity contribution >= 4 is 46.5 Å². The van der Waals surface area contributed by atoms with Crippen LogP contribution in [0.4, 0.5) is 37.8 Å². The van der Waals surface area contributed by atoms with Crippen molar-refractivity contribution in [3.63, 3.8) is 0 Å². The summed E-state index contributed by atoms with van der Waals surface area (Å²) in [7, 11) is 0. The van der Waals surface area contributed by atoms with Crippen LogP contribution in [0.5, 0.6) is 0 Å². The van der Waals surface area contributed by atoms with E-state index in [2.05, 4.69) is 15.3 Å². The lowest BCUT2D eigenvalue weighted by atomic mass is 9.83. The number of rotatable bonds is 10. The predicted octanol–water partition coefficient (Wildman–Crippen LogP) is 6.10. The van der Waals surface area contributed by atoms with Gasteiger partial charge in [0, 0.05) is 42.0 Å². The van der Waals surface area contributed by atoms with Gasteiger partial charge in [0.1, 0.15) is 5.82 Å². The summed E-state index contributed by atoms with van der Waals surface area (Å²) in [4.78, 5) is 49.8. The van der Waals surface area contributed by atoms with Crippen LogP contribution in [0.3, 0.4) is 0 Å². The molecule has 8 nitrogen and oxygen atoms in total. The van der Waals surface area contributed by atoms with Gasteiger partial charge in [-0.05, 0) is 31.0 Å². The van der Waals surface area contributed by atoms with E-state index in [-0.39, 0.29) is 16.6 Å². The molecule has 3 N–H and O–H groups in total. The number of carbonyl (C=O) groups is 3. The number of para-hydroxylation sites is 1. The third kappa shape index (κ3) is 8.59. The Morgan fingerprint density at radius 2 is 1.49 bits per heavy atom. The normalized spacial score (nSPS) is 16.7. The Hall–Kier alpha value is -4.46. The number of hydrogen-bond donors (Lipinski definition) is 2. The number of nitrogens with two attached hydrogens (primary N) is 1. The highest BCUT2D eigenvalue weighted by Gasteiger charge is 2.41. The van der Waals surface area contributed by atoms with Crippen LogP contribution in [0.2, 0.25) is 5.02 Å². The highest BCUT2D eigenvalue weighted by Crippen LogP contribution is 2.35. The van der Waals surface area contributed by atoms with Crippen LogP contribution in [-0.2, 0) is 14.4 Å². The van der Waals surface area contributed by atoms with Gasteiger partial charge in [0.25, 0.3) is 5.91 Å². The lowest BCUT2D eigenvalue weighted by molar-refractivity contribution is -0.152. The van der Waals surface area contributed by atoms with Crippen molar-refractivity contribution in [2.75, 3.05) is 4.90 Å². The fourth-order valence-electron chi connectivity index (χ4n) is 4.96. The molecule has 2 aromatic carbocycles. The average Bonchev–Trinajstić information content (AvgIpc) is 3.08. The van der Waals surface area contributed by atoms with Gasteiger partial charge in [-0.3, -0.25) is 19.3 Å². The first-order valence-corrected chi connectivity index (χ1v) is 13.9. The van der Waals surface area contributed by atoms with Gasteiger partial charge >= 0.3 is 12.4 Å². The number of carbonyl (C=O) groups excluding carboxylic acids is 3. The van der Waals surface area contributed by atoms with Crippen molar-refractivity contribution in [3.05, 3.63) is 89.1 Å². The molecule has 0 saturated carbocycles. The molecule has 1 aromatic heterocycles. The molecule has 15 heteroatoms. The summed E-state index contributed by atoms with van der Waals surface area (Å²) < 4.78 is 78.8. The number of fused-ring (bicyclic) bond motifs is 1. The molecule has 3 amide bonds. The molecule has 238 valence electrons. The first-order valence-electron chi connectivity index (χ1n) is 13.6. The Balaban J connectivity index is 1.81. The lowest BCUT2D eigenvalue weighted by Gasteiger charge is -2.28. The van der Waals surface area contributed by atoms with Crippen molar-refractivity contribution in [2.24, 2.45) is 22.6 Å². The summed E-state index contributed by atoms with van der Waals surface area (Å²) in [6.45, 7) is 0. The number of pyridine rings is 1. The number of alkyl halides is 6. The van der Waals surface area contributed by atoms with Crippen LogP contribution in [-0.4, -0.2) is 46.9 Å². The number of amides is 3. The predicted molar refractivity (Wildman–Crippen MR) is 154 cm³/mol. The zero-order chi connectivity index (χ0) is 32.9. The number of aliphatic imine (C=N–C) groups is 1. The smallest absolute Gasteiger partial charge is 0.369 e. The number of halogens is 7. The zero-order valence-corrected chi connectivity index (χ0v) is 24.0. The summed E-state index contributed by atoms with van der Waals surface area (Å²) >= 11 is 5.99. The third-order valence-corrected chi connectivity index (χ3v) is 7.27. The number of benzene rings is 2. The Labute approximate surface area is 258 Å². The second-order valence-corrected chi connectivity index (χ2v) is 10.6. The lowest BCUT2D eigenvalue weighted by Crippen LogP contribution is -2.50. The highest BCUT2D eigenvalue weighted by molar-refractivity contribution is 6.30. The molecular formula is C30H26ClF6N5O3. The molecule has 0 aliphatic carbocycles. The first kappa shape index (κ1) is 33.4. The second kappa shape index (κ2) is 13.7. The summed E-state index contributed by atoms with van der Waals surface area (Å²) in [5.41, 5.74) is 6.76. The minimum atomic E-state index is -4.81. The molecule has 1 aliphatic heterocycles. The van der Waals surface area contributed by atoms with E-state index in [1.807, 2.05) is 0 Å². The van der Waals surface area contributed by atoms with Crippen molar-refractivity contribution in [1.29, 1.82) is 0 Å². The standard InChI is InChI=1S/C30H26ClF6N5O3/c31-18-10-11-23(39-16-18)42-22-9-5-4-8-21(22)24(17-6-2-1-3-7-17)40-26(28(42)45)41-27(44)20(13-15-30(35,36)37)19(25(38)43)12-14-29(32,33)34/h1-11,16,19-20,26H,12-15H2,(H2,38,43)(H,41,44)/t19-,20+,26+/m0/s1. The topological polar surface area (TPSA) is 118 Å². The van der Waals surface area contributed by atoms with Gasteiger partial charge < -0.3 is 11.1 Å². The number of nitrogens with one attached hydrogen (secondary N) is 1. The zero-order valence-electron chi connectivity index (χ0n) is 23.3. The Bertz CT molecular complexity index is 1560. The number of primary amides is 1. The highest BCUT2D eigenvalue weighted by atomic mass is 35.5. The molecule has 0 radical (unpaired) electrons. The van der Waals surface area contributed by atoms with Crippen LogP contribution in [0.15, 0.2) is 77.9 Å². The summed E-state index contributed by atoms with van der Waals surface area (Å²) in [5.74, 6) is -7.39. The molecule has 0 saturated heterocycles. The van der Waals surface area contributed by atoms with Gasteiger partial charge in [-0.2, -0.15) is 26.3 Å². The van der Waals surface area contributed by atoms with Crippen LogP contribution in [0.25, 0.3) is 0 Å². The largest absolute Gasteiger partial charge is 0.389 e. The van der Waals surface area contributed by atoms with Crippen LogP contribution < -0.4 is 16.0 Å². The summed E-state index contributed by atoms with van der Waals surface area (Å²) in [6, 6.07) is 18.0. The number of aromatic nitrogens is 1. The van der Waals surface area contributed by atoms with Gasteiger partial charge in [0.2, 0.25) is 18.0 Å². The van der Waals surface area contributed by atoms with E-state index in [0.717, 1.165) is 4.90 Å². The van der Waals surface area contributed by atoms with E-state index in [0.29, 0.717) is 16.8 Å². The van der Waals surface area contributed by atoms with E-state index < -0.39 is 73.8 Å². The number of anilines is 2. The SMILES string of the molecule is NC(=O)[C@@H](CCC(F)(F)F)[C@@H](CCC(F)(F)F)C(=O)N[C@H]1N=C(c2ccccc2)c2ccccc2N(c2ccc(Cl)cn2)C1=O. The Kier molecular flexibility index (Phi) is 10.2. The minimum absolute atomic E-state index is 0.0643. The molecule has 0 fully saturated rings. The monoisotopic (exact) mass is 653 g/mol. The Morgan fingerprint density at radius 1 is 0.889 bits per heavy atom. The van der Waals surface area contributed by atoms with E-state index in [1.54, 1.807) is 54.6 Å². The van der Waals surface area contributed by atoms with Gasteiger partial charge in [-0.25, -0.2) is 9.98 Å². The number of hydrogen-bond acceptors (Lipinski definition) is 5. The maximum atomic E-state index is 14.1. The van der Waals surface area contributed by atoms with Gasteiger partial charge in [-0.15, -0.1) is 0 Å². The molecule has 1 aliphatic rings. The van der Waals surface area contributed by atoms with Gasteiger partial charge in [-0.1, -0.05) is 60.1 Å². The van der Waals surface area contributed by atoms with Gasteiger partial charge in [0.05, 0.1) is 16.4 Å². The summed E-state index contributed by atoms with van der Waals surface area (Å²) in [5, 5.41) is 2.55. The van der Waals surface area contributed by atoms with Crippen molar-refractivity contribution in [1.82, 2.24) is 10.3 Å². The van der Waals surface area contributed by atoms with Gasteiger partial charge in [0.15, 0.2) is 0 Å². The summed E-state index contributed by atoms with van der Waals surface area (Å²) in [6.07, 6.45) is -15.4. The van der Waals surface area contributed by atoms with E-state index >= 15 is 0 Å². The van der Waals surface area contributed by atoms with Crippen LogP contribution in [0.1, 0.15) is 36.8 Å². The van der Waals surface area contributed by atoms with Crippen molar-refractivity contribution in [2.45, 2.75) is 44.2 Å². The van der Waals surface area contributed by atoms with Crippen LogP contribution >= 0.6 is 11.6 Å². The number of benzodiazepines with no additional fused rings is 1. The second-order valence-electron chi connectivity index (χ2n) is 10.2. The molecule has 3 aromatic rings. The molecule has 4 rings (SSSR count). The molecule has 45 heavy (non-hydrogen) atoms. The fraction of sp³-hybridized carbons (Fsp3) is 0.300. The van der Waals surface area contributed by atoms with E-state index in [1.165, 1.54) is 18.3 Å². The molecule has 0 spiro atoms.